The molecule has 2 atom stereocenters. The molecule has 0 aliphatic rings. The van der Waals surface area contributed by atoms with Crippen LogP contribution in [0.4, 0.5) is 0 Å². The molecule has 7 heteroatoms. The molecule has 6 nitrogen and oxygen atoms in total. The largest absolute Gasteiger partial charge is 0.467 e. The zero-order valence-electron chi connectivity index (χ0n) is 17.5. The highest BCUT2D eigenvalue weighted by Gasteiger charge is 2.27. The van der Waals surface area contributed by atoms with E-state index in [4.69, 9.17) is 4.74 Å². The first kappa shape index (κ1) is 23.5. The lowest BCUT2D eigenvalue weighted by Crippen LogP contribution is -2.52. The van der Waals surface area contributed by atoms with Gasteiger partial charge in [-0.25, -0.2) is 4.79 Å². The summed E-state index contributed by atoms with van der Waals surface area (Å²) in [7, 11) is 1.29. The van der Waals surface area contributed by atoms with E-state index in [1.54, 1.807) is 23.9 Å². The molecule has 0 saturated heterocycles. The summed E-state index contributed by atoms with van der Waals surface area (Å²) in [6.07, 6.45) is 2.68. The molecule has 2 rings (SSSR count). The molecule has 2 aromatic rings. The maximum absolute atomic E-state index is 13.0. The molecule has 0 bridgehead atoms. The van der Waals surface area contributed by atoms with Crippen molar-refractivity contribution in [2.24, 2.45) is 0 Å². The molecule has 0 aromatic heterocycles. The van der Waals surface area contributed by atoms with Gasteiger partial charge in [0.1, 0.15) is 12.1 Å². The molecule has 0 aliphatic carbocycles. The molecule has 0 saturated carbocycles. The number of esters is 1. The van der Waals surface area contributed by atoms with Crippen molar-refractivity contribution in [1.29, 1.82) is 0 Å². The van der Waals surface area contributed by atoms with Crippen LogP contribution in [0.25, 0.3) is 0 Å². The molecule has 2 aromatic carbocycles. The SMILES string of the molecule is COC(=O)[C@H](CCSC)NC(=O)[C@@H](Cc1ccccc1)NC(=O)c1ccc(C)cc1. The fourth-order valence-corrected chi connectivity index (χ4v) is 3.38. The lowest BCUT2D eigenvalue weighted by molar-refractivity contribution is -0.145. The maximum Gasteiger partial charge on any atom is 0.328 e. The van der Waals surface area contributed by atoms with Crippen molar-refractivity contribution in [1.82, 2.24) is 10.6 Å². The normalized spacial score (nSPS) is 12.5. The van der Waals surface area contributed by atoms with Gasteiger partial charge in [0, 0.05) is 12.0 Å². The van der Waals surface area contributed by atoms with E-state index in [1.165, 1.54) is 7.11 Å². The Bertz CT molecular complexity index is 840. The molecule has 0 unspecified atom stereocenters. The third kappa shape index (κ3) is 7.22. The number of hydrogen-bond acceptors (Lipinski definition) is 5. The van der Waals surface area contributed by atoms with Crippen molar-refractivity contribution in [2.75, 3.05) is 19.1 Å². The summed E-state index contributed by atoms with van der Waals surface area (Å²) >= 11 is 1.58. The third-order valence-corrected chi connectivity index (χ3v) is 5.28. The molecule has 2 N–H and O–H groups in total. The van der Waals surface area contributed by atoms with Crippen molar-refractivity contribution in [3.05, 3.63) is 71.3 Å². The highest BCUT2D eigenvalue weighted by molar-refractivity contribution is 7.98. The van der Waals surface area contributed by atoms with Crippen LogP contribution in [0.15, 0.2) is 54.6 Å². The predicted octanol–water partition coefficient (Wildman–Crippen LogP) is 2.75. The van der Waals surface area contributed by atoms with Gasteiger partial charge in [-0.15, -0.1) is 0 Å². The summed E-state index contributed by atoms with van der Waals surface area (Å²) in [4.78, 5) is 37.8. The van der Waals surface area contributed by atoms with Crippen molar-refractivity contribution in [3.63, 3.8) is 0 Å². The molecule has 160 valence electrons. The minimum absolute atomic E-state index is 0.306. The maximum atomic E-state index is 13.0. The van der Waals surface area contributed by atoms with E-state index in [9.17, 15) is 14.4 Å². The molecule has 0 aliphatic heterocycles. The minimum atomic E-state index is -0.831. The molecular formula is C23H28N2O4S. The van der Waals surface area contributed by atoms with Crippen molar-refractivity contribution in [3.8, 4) is 0 Å². The summed E-state index contributed by atoms with van der Waals surface area (Å²) in [6.45, 7) is 1.94. The monoisotopic (exact) mass is 428 g/mol. The van der Waals surface area contributed by atoms with E-state index >= 15 is 0 Å². The van der Waals surface area contributed by atoms with E-state index in [1.807, 2.05) is 55.6 Å². The van der Waals surface area contributed by atoms with E-state index in [2.05, 4.69) is 10.6 Å². The van der Waals surface area contributed by atoms with Gasteiger partial charge in [-0.3, -0.25) is 9.59 Å². The van der Waals surface area contributed by atoms with Crippen LogP contribution in [0.5, 0.6) is 0 Å². The Morgan fingerprint density at radius 2 is 1.63 bits per heavy atom. The molecule has 2 amide bonds. The number of carbonyl (C=O) groups is 3. The Morgan fingerprint density at radius 3 is 2.23 bits per heavy atom. The first-order valence-corrected chi connectivity index (χ1v) is 11.1. The van der Waals surface area contributed by atoms with Crippen LogP contribution in [0.1, 0.15) is 27.9 Å². The van der Waals surface area contributed by atoms with Gasteiger partial charge in [0.05, 0.1) is 7.11 Å². The van der Waals surface area contributed by atoms with E-state index in [0.717, 1.165) is 11.1 Å². The quantitative estimate of drug-likeness (QED) is 0.569. The van der Waals surface area contributed by atoms with Crippen LogP contribution in [0.3, 0.4) is 0 Å². The zero-order chi connectivity index (χ0) is 21.9. The molecule has 0 spiro atoms. The zero-order valence-corrected chi connectivity index (χ0v) is 18.3. The van der Waals surface area contributed by atoms with Crippen LogP contribution in [-0.2, 0) is 20.7 Å². The van der Waals surface area contributed by atoms with Gasteiger partial charge in [0.15, 0.2) is 0 Å². The smallest absolute Gasteiger partial charge is 0.328 e. The van der Waals surface area contributed by atoms with Gasteiger partial charge >= 0.3 is 5.97 Å². The minimum Gasteiger partial charge on any atom is -0.467 e. The Labute approximate surface area is 181 Å². The Hall–Kier alpha value is -2.80. The van der Waals surface area contributed by atoms with Gasteiger partial charge in [0.2, 0.25) is 5.91 Å². The molecule has 0 fully saturated rings. The topological polar surface area (TPSA) is 84.5 Å². The first-order valence-electron chi connectivity index (χ1n) is 9.73. The average molecular weight is 429 g/mol. The van der Waals surface area contributed by atoms with Gasteiger partial charge in [-0.1, -0.05) is 48.0 Å². The number of carbonyl (C=O) groups excluding carboxylic acids is 3. The number of aryl methyl sites for hydroxylation is 1. The lowest BCUT2D eigenvalue weighted by Gasteiger charge is -2.22. The number of benzene rings is 2. The summed E-state index contributed by atoms with van der Waals surface area (Å²) in [5.41, 5.74) is 2.42. The number of hydrogen-bond donors (Lipinski definition) is 2. The Balaban J connectivity index is 2.18. The summed E-state index contributed by atoms with van der Waals surface area (Å²) < 4.78 is 4.82. The fourth-order valence-electron chi connectivity index (χ4n) is 2.90. The number of methoxy groups -OCH3 is 1. The number of amides is 2. The number of thioether (sulfide) groups is 1. The van der Waals surface area contributed by atoms with Crippen molar-refractivity contribution >= 4 is 29.5 Å². The number of nitrogens with one attached hydrogen (secondary N) is 2. The second kappa shape index (κ2) is 12.0. The average Bonchev–Trinajstić information content (AvgIpc) is 2.76. The lowest BCUT2D eigenvalue weighted by atomic mass is 10.0. The number of rotatable bonds is 10. The van der Waals surface area contributed by atoms with Crippen molar-refractivity contribution < 1.29 is 19.1 Å². The number of ether oxygens (including phenoxy) is 1. The summed E-state index contributed by atoms with van der Waals surface area (Å²) in [5.74, 6) is -0.569. The van der Waals surface area contributed by atoms with Crippen LogP contribution >= 0.6 is 11.8 Å². The fraction of sp³-hybridized carbons (Fsp3) is 0.348. The predicted molar refractivity (Wildman–Crippen MR) is 120 cm³/mol. The molecule has 30 heavy (non-hydrogen) atoms. The molecular weight excluding hydrogens is 400 g/mol. The second-order valence-corrected chi connectivity index (χ2v) is 7.93. The van der Waals surface area contributed by atoms with Gasteiger partial charge in [-0.2, -0.15) is 11.8 Å². The third-order valence-electron chi connectivity index (χ3n) is 4.63. The van der Waals surface area contributed by atoms with Crippen LogP contribution < -0.4 is 10.6 Å². The Kier molecular flexibility index (Phi) is 9.41. The van der Waals surface area contributed by atoms with E-state index in [0.29, 0.717) is 24.2 Å². The van der Waals surface area contributed by atoms with Crippen molar-refractivity contribution in [2.45, 2.75) is 31.8 Å². The first-order chi connectivity index (χ1) is 14.4. The van der Waals surface area contributed by atoms with E-state index < -0.39 is 24.0 Å². The summed E-state index contributed by atoms with van der Waals surface area (Å²) in [6, 6.07) is 15.0. The highest BCUT2D eigenvalue weighted by Crippen LogP contribution is 2.09. The van der Waals surface area contributed by atoms with Crippen LogP contribution in [0.2, 0.25) is 0 Å². The van der Waals surface area contributed by atoms with Crippen LogP contribution in [-0.4, -0.2) is 49.0 Å². The van der Waals surface area contributed by atoms with Crippen LogP contribution in [0, 0.1) is 6.92 Å². The van der Waals surface area contributed by atoms with Gasteiger partial charge in [-0.05, 0) is 43.0 Å². The molecule has 0 heterocycles. The standard InChI is InChI=1S/C23H28N2O4S/c1-16-9-11-18(12-10-16)21(26)25-20(15-17-7-5-4-6-8-17)22(27)24-19(13-14-30-3)23(28)29-2/h4-12,19-20H,13-15H2,1-3H3,(H,24,27)(H,25,26)/t19-,20+/m0/s1. The van der Waals surface area contributed by atoms with Gasteiger partial charge < -0.3 is 15.4 Å². The van der Waals surface area contributed by atoms with Gasteiger partial charge in [0.25, 0.3) is 5.91 Å². The summed E-state index contributed by atoms with van der Waals surface area (Å²) in [5, 5.41) is 5.56. The molecule has 0 radical (unpaired) electrons. The Morgan fingerprint density at radius 1 is 0.967 bits per heavy atom. The second-order valence-electron chi connectivity index (χ2n) is 6.95. The highest BCUT2D eigenvalue weighted by atomic mass is 32.2. The van der Waals surface area contributed by atoms with E-state index in [-0.39, 0.29) is 5.91 Å².